The summed E-state index contributed by atoms with van der Waals surface area (Å²) in [7, 11) is 0. The van der Waals surface area contributed by atoms with E-state index in [-0.39, 0.29) is 11.9 Å². The molecule has 1 aliphatic rings. The molecule has 1 rings (SSSR count). The zero-order valence-electron chi connectivity index (χ0n) is 12.3. The molecule has 1 amide bonds. The quantitative estimate of drug-likeness (QED) is 0.776. The summed E-state index contributed by atoms with van der Waals surface area (Å²) in [6.45, 7) is 11.1. The number of hydrogen-bond acceptors (Lipinski definition) is 3. The summed E-state index contributed by atoms with van der Waals surface area (Å²) in [5.74, 6) is 1.49. The third kappa shape index (κ3) is 3.95. The van der Waals surface area contributed by atoms with Crippen LogP contribution in [-0.2, 0) is 4.79 Å². The van der Waals surface area contributed by atoms with Gasteiger partial charge >= 0.3 is 0 Å². The minimum Gasteiger partial charge on any atom is -0.356 e. The second-order valence-corrected chi connectivity index (χ2v) is 5.80. The van der Waals surface area contributed by atoms with Gasteiger partial charge in [0.15, 0.2) is 0 Å². The molecule has 0 spiro atoms. The van der Waals surface area contributed by atoms with Crippen LogP contribution in [0.25, 0.3) is 0 Å². The lowest BCUT2D eigenvalue weighted by molar-refractivity contribution is -0.122. The maximum Gasteiger partial charge on any atom is 0.221 e. The van der Waals surface area contributed by atoms with E-state index in [0.717, 1.165) is 6.54 Å². The first-order chi connectivity index (χ1) is 8.49. The molecule has 106 valence electrons. The van der Waals surface area contributed by atoms with Gasteiger partial charge in [-0.15, -0.1) is 0 Å². The van der Waals surface area contributed by atoms with Crippen molar-refractivity contribution in [1.82, 2.24) is 10.2 Å². The Balaban J connectivity index is 2.64. The monoisotopic (exact) mass is 255 g/mol. The molecule has 4 atom stereocenters. The third-order valence-electron chi connectivity index (χ3n) is 4.18. The lowest BCUT2D eigenvalue weighted by Crippen LogP contribution is -2.54. The number of nitrogens with one attached hydrogen (secondary N) is 1. The molecular formula is C14H29N3O. The number of nitrogens with two attached hydrogens (primary N) is 1. The van der Waals surface area contributed by atoms with Gasteiger partial charge in [0.2, 0.25) is 5.91 Å². The van der Waals surface area contributed by atoms with Crippen LogP contribution >= 0.6 is 0 Å². The fourth-order valence-electron chi connectivity index (χ4n) is 3.06. The topological polar surface area (TPSA) is 58.4 Å². The average Bonchev–Trinajstić information content (AvgIpc) is 2.31. The van der Waals surface area contributed by atoms with Crippen molar-refractivity contribution in [2.45, 2.75) is 52.6 Å². The Morgan fingerprint density at radius 1 is 1.44 bits per heavy atom. The average molecular weight is 255 g/mol. The summed E-state index contributed by atoms with van der Waals surface area (Å²) in [5.41, 5.74) is 5.88. The van der Waals surface area contributed by atoms with Crippen molar-refractivity contribution in [3.8, 4) is 0 Å². The number of hydrogen-bond donors (Lipinski definition) is 2. The fraction of sp³-hybridized carbons (Fsp3) is 0.929. The molecule has 4 heteroatoms. The van der Waals surface area contributed by atoms with E-state index in [0.29, 0.717) is 37.4 Å². The molecule has 1 saturated heterocycles. The van der Waals surface area contributed by atoms with Gasteiger partial charge in [-0.25, -0.2) is 0 Å². The second-order valence-electron chi connectivity index (χ2n) is 5.80. The molecule has 0 radical (unpaired) electrons. The van der Waals surface area contributed by atoms with Crippen molar-refractivity contribution >= 4 is 5.91 Å². The van der Waals surface area contributed by atoms with E-state index in [1.807, 2.05) is 6.92 Å². The van der Waals surface area contributed by atoms with Crippen LogP contribution in [-0.4, -0.2) is 42.5 Å². The summed E-state index contributed by atoms with van der Waals surface area (Å²) in [6, 6.07) is 0.695. The summed E-state index contributed by atoms with van der Waals surface area (Å²) < 4.78 is 0. The normalized spacial score (nSPS) is 31.1. The van der Waals surface area contributed by atoms with Gasteiger partial charge in [0, 0.05) is 38.1 Å². The van der Waals surface area contributed by atoms with Crippen LogP contribution in [0.15, 0.2) is 0 Å². The number of carbonyl (C=O) groups is 1. The Labute approximate surface area is 111 Å². The van der Waals surface area contributed by atoms with E-state index < -0.39 is 0 Å². The highest BCUT2D eigenvalue weighted by molar-refractivity contribution is 5.76. The predicted octanol–water partition coefficient (Wildman–Crippen LogP) is 1.21. The van der Waals surface area contributed by atoms with Crippen molar-refractivity contribution < 1.29 is 4.79 Å². The molecule has 0 aromatic rings. The Bertz CT molecular complexity index is 270. The predicted molar refractivity (Wildman–Crippen MR) is 75.3 cm³/mol. The minimum absolute atomic E-state index is 0.117. The molecule has 4 nitrogen and oxygen atoms in total. The first kappa shape index (κ1) is 15.4. The highest BCUT2D eigenvalue weighted by atomic mass is 16.1. The molecule has 1 aliphatic heterocycles. The van der Waals surface area contributed by atoms with Crippen LogP contribution in [0.5, 0.6) is 0 Å². The Kier molecular flexibility index (Phi) is 6.09. The van der Waals surface area contributed by atoms with Gasteiger partial charge in [-0.1, -0.05) is 13.8 Å². The molecular weight excluding hydrogens is 226 g/mol. The van der Waals surface area contributed by atoms with Crippen molar-refractivity contribution in [1.29, 1.82) is 0 Å². The van der Waals surface area contributed by atoms with Crippen molar-refractivity contribution in [3.05, 3.63) is 0 Å². The van der Waals surface area contributed by atoms with Gasteiger partial charge in [0.1, 0.15) is 0 Å². The maximum absolute atomic E-state index is 11.7. The summed E-state index contributed by atoms with van der Waals surface area (Å²) >= 11 is 0. The lowest BCUT2D eigenvalue weighted by atomic mass is 9.84. The van der Waals surface area contributed by atoms with Gasteiger partial charge in [-0.2, -0.15) is 0 Å². The largest absolute Gasteiger partial charge is 0.356 e. The smallest absolute Gasteiger partial charge is 0.221 e. The fourth-order valence-corrected chi connectivity index (χ4v) is 3.06. The first-order valence-corrected chi connectivity index (χ1v) is 7.22. The summed E-state index contributed by atoms with van der Waals surface area (Å²) in [4.78, 5) is 14.2. The van der Waals surface area contributed by atoms with Gasteiger partial charge in [0.05, 0.1) is 0 Å². The number of likely N-dealkylation sites (tertiary alicyclic amines) is 1. The van der Waals surface area contributed by atoms with Gasteiger partial charge < -0.3 is 11.1 Å². The first-order valence-electron chi connectivity index (χ1n) is 7.22. The third-order valence-corrected chi connectivity index (χ3v) is 4.18. The van der Waals surface area contributed by atoms with E-state index in [4.69, 9.17) is 5.73 Å². The van der Waals surface area contributed by atoms with Crippen LogP contribution in [0.3, 0.4) is 0 Å². The molecule has 0 aromatic carbocycles. The molecule has 18 heavy (non-hydrogen) atoms. The van der Waals surface area contributed by atoms with Crippen LogP contribution < -0.4 is 11.1 Å². The summed E-state index contributed by atoms with van der Waals surface area (Å²) in [6.07, 6.45) is 1.80. The molecule has 0 saturated carbocycles. The highest BCUT2D eigenvalue weighted by Gasteiger charge is 2.33. The number of carbonyl (C=O) groups excluding carboxylic acids is 1. The van der Waals surface area contributed by atoms with Crippen molar-refractivity contribution in [3.63, 3.8) is 0 Å². The Morgan fingerprint density at radius 3 is 2.67 bits per heavy atom. The van der Waals surface area contributed by atoms with Crippen LogP contribution in [0.1, 0.15) is 40.5 Å². The second kappa shape index (κ2) is 7.10. The molecule has 0 bridgehead atoms. The van der Waals surface area contributed by atoms with Crippen molar-refractivity contribution in [2.75, 3.05) is 19.6 Å². The van der Waals surface area contributed by atoms with Crippen molar-refractivity contribution in [2.24, 2.45) is 17.6 Å². The van der Waals surface area contributed by atoms with Crippen LogP contribution in [0.4, 0.5) is 0 Å². The van der Waals surface area contributed by atoms with Crippen LogP contribution in [0.2, 0.25) is 0 Å². The molecule has 4 unspecified atom stereocenters. The molecule has 0 aliphatic carbocycles. The zero-order valence-corrected chi connectivity index (χ0v) is 12.3. The lowest BCUT2D eigenvalue weighted by Gasteiger charge is -2.45. The van der Waals surface area contributed by atoms with E-state index in [1.165, 1.54) is 6.42 Å². The SMILES string of the molecule is CCNC(=O)CC(CN)N1CC(C)CC(C)C1C. The van der Waals surface area contributed by atoms with Gasteiger partial charge in [-0.3, -0.25) is 9.69 Å². The van der Waals surface area contributed by atoms with Gasteiger partial charge in [-0.05, 0) is 32.1 Å². The van der Waals surface area contributed by atoms with E-state index in [2.05, 4.69) is 31.0 Å². The highest BCUT2D eigenvalue weighted by Crippen LogP contribution is 2.28. The minimum atomic E-state index is 0.117. The van der Waals surface area contributed by atoms with Crippen LogP contribution in [0, 0.1) is 11.8 Å². The number of amides is 1. The molecule has 0 aromatic heterocycles. The molecule has 1 fully saturated rings. The van der Waals surface area contributed by atoms with E-state index in [1.54, 1.807) is 0 Å². The standard InChI is InChI=1S/C14H29N3O/c1-5-16-14(18)7-13(8-15)17-9-10(2)6-11(3)12(17)4/h10-13H,5-9,15H2,1-4H3,(H,16,18). The number of rotatable bonds is 5. The zero-order chi connectivity index (χ0) is 13.7. The number of piperidine rings is 1. The summed E-state index contributed by atoms with van der Waals surface area (Å²) in [5, 5.41) is 2.87. The van der Waals surface area contributed by atoms with Gasteiger partial charge in [0.25, 0.3) is 0 Å². The van der Waals surface area contributed by atoms with E-state index >= 15 is 0 Å². The number of nitrogens with zero attached hydrogens (tertiary/aromatic N) is 1. The molecule has 1 heterocycles. The Hall–Kier alpha value is -0.610. The maximum atomic E-state index is 11.7. The molecule has 3 N–H and O–H groups in total. The van der Waals surface area contributed by atoms with E-state index in [9.17, 15) is 4.79 Å². The Morgan fingerprint density at radius 2 is 2.11 bits per heavy atom.